The molecule has 6 nitrogen and oxygen atoms in total. The molecule has 3 saturated heterocycles. The van der Waals surface area contributed by atoms with E-state index in [0.29, 0.717) is 18.0 Å². The van der Waals surface area contributed by atoms with E-state index in [1.54, 1.807) is 6.20 Å². The first-order valence-electron chi connectivity index (χ1n) is 11.5. The molecule has 0 spiro atoms. The quantitative estimate of drug-likeness (QED) is 0.615. The van der Waals surface area contributed by atoms with E-state index in [9.17, 15) is 10.5 Å². The summed E-state index contributed by atoms with van der Waals surface area (Å²) in [5, 5.41) is 18.5. The molecule has 0 amide bonds. The molecule has 0 aromatic carbocycles. The summed E-state index contributed by atoms with van der Waals surface area (Å²) in [6, 6.07) is 5.49. The molecule has 3 aliphatic rings. The fourth-order valence-corrected chi connectivity index (χ4v) is 5.39. The minimum Gasteiger partial charge on any atom is -0.360 e. The predicted octanol–water partition coefficient (Wildman–Crippen LogP) is 2.86. The van der Waals surface area contributed by atoms with Crippen molar-refractivity contribution in [1.82, 2.24) is 19.6 Å². The predicted molar refractivity (Wildman–Crippen MR) is 116 cm³/mol. The average molecular weight is 399 g/mol. The molecule has 0 aliphatic carbocycles. The van der Waals surface area contributed by atoms with Crippen molar-refractivity contribution < 1.29 is 0 Å². The van der Waals surface area contributed by atoms with Crippen molar-refractivity contribution in [2.45, 2.75) is 70.6 Å². The molecule has 3 unspecified atom stereocenters. The molecule has 160 valence electrons. The maximum absolute atomic E-state index is 9.23. The molecule has 3 rings (SSSR count). The van der Waals surface area contributed by atoms with Gasteiger partial charge in [0.05, 0.1) is 6.17 Å². The summed E-state index contributed by atoms with van der Waals surface area (Å²) in [6.45, 7) is 11.4. The standard InChI is InChI=1S/C23H38N6/c1-19-6-4-9-27(19)13-12-26(3)23-14-21(17-28-10-5-7-20(28)2)8-11-29(23)18-22(15-24)16-25/h18-21,23H,4-14,17H2,1-3H3/t19-,20?,21?,23?/m0/s1. The van der Waals surface area contributed by atoms with Crippen LogP contribution in [0.1, 0.15) is 52.4 Å². The van der Waals surface area contributed by atoms with Crippen LogP contribution in [0.5, 0.6) is 0 Å². The van der Waals surface area contributed by atoms with Crippen LogP contribution >= 0.6 is 0 Å². The van der Waals surface area contributed by atoms with Crippen molar-refractivity contribution in [3.05, 3.63) is 11.8 Å². The largest absolute Gasteiger partial charge is 0.360 e. The highest BCUT2D eigenvalue weighted by Crippen LogP contribution is 2.29. The Morgan fingerprint density at radius 3 is 2.24 bits per heavy atom. The Bertz CT molecular complexity index is 631. The van der Waals surface area contributed by atoms with Gasteiger partial charge < -0.3 is 9.80 Å². The molecule has 3 fully saturated rings. The summed E-state index contributed by atoms with van der Waals surface area (Å²) >= 11 is 0. The molecular formula is C23H38N6. The van der Waals surface area contributed by atoms with Crippen LogP contribution in [0.2, 0.25) is 0 Å². The molecule has 0 aromatic rings. The van der Waals surface area contributed by atoms with Gasteiger partial charge in [0.1, 0.15) is 17.7 Å². The normalized spacial score (nSPS) is 31.0. The van der Waals surface area contributed by atoms with Crippen molar-refractivity contribution in [2.24, 2.45) is 5.92 Å². The van der Waals surface area contributed by atoms with Crippen molar-refractivity contribution >= 4 is 0 Å². The topological polar surface area (TPSA) is 60.5 Å². The number of likely N-dealkylation sites (tertiary alicyclic amines) is 3. The van der Waals surface area contributed by atoms with E-state index in [-0.39, 0.29) is 11.7 Å². The Labute approximate surface area is 177 Å². The number of rotatable bonds is 7. The smallest absolute Gasteiger partial charge is 0.145 e. The number of piperidine rings is 1. The third kappa shape index (κ3) is 5.72. The molecular weight excluding hydrogens is 360 g/mol. The summed E-state index contributed by atoms with van der Waals surface area (Å²) in [5.41, 5.74) is 0.211. The first-order valence-corrected chi connectivity index (χ1v) is 11.5. The van der Waals surface area contributed by atoms with Gasteiger partial charge in [0.15, 0.2) is 0 Å². The van der Waals surface area contributed by atoms with E-state index < -0.39 is 0 Å². The lowest BCUT2D eigenvalue weighted by atomic mass is 9.93. The minimum atomic E-state index is 0.211. The lowest BCUT2D eigenvalue weighted by Gasteiger charge is -2.45. The molecule has 3 aliphatic heterocycles. The molecule has 0 saturated carbocycles. The van der Waals surface area contributed by atoms with E-state index >= 15 is 0 Å². The molecule has 6 heteroatoms. The van der Waals surface area contributed by atoms with Gasteiger partial charge in [-0.15, -0.1) is 0 Å². The highest BCUT2D eigenvalue weighted by molar-refractivity contribution is 5.34. The summed E-state index contributed by atoms with van der Waals surface area (Å²) in [5.74, 6) is 0.686. The van der Waals surface area contributed by atoms with E-state index in [1.807, 2.05) is 12.1 Å². The van der Waals surface area contributed by atoms with Crippen molar-refractivity contribution in [3.63, 3.8) is 0 Å². The second-order valence-corrected chi connectivity index (χ2v) is 9.37. The van der Waals surface area contributed by atoms with Crippen LogP contribution in [-0.2, 0) is 0 Å². The first kappa shape index (κ1) is 22.1. The van der Waals surface area contributed by atoms with Gasteiger partial charge >= 0.3 is 0 Å². The maximum Gasteiger partial charge on any atom is 0.145 e. The van der Waals surface area contributed by atoms with Crippen LogP contribution in [0.25, 0.3) is 0 Å². The van der Waals surface area contributed by atoms with Crippen LogP contribution in [0.4, 0.5) is 0 Å². The van der Waals surface area contributed by atoms with E-state index in [2.05, 4.69) is 40.5 Å². The zero-order valence-corrected chi connectivity index (χ0v) is 18.6. The SMILES string of the molecule is CC1CCCN1CC1CCN(C=C(C#N)C#N)C(N(C)CCN2CCC[C@@H]2C)C1. The maximum atomic E-state index is 9.23. The average Bonchev–Trinajstić information content (AvgIpc) is 3.32. The molecule has 0 N–H and O–H groups in total. The summed E-state index contributed by atoms with van der Waals surface area (Å²) in [4.78, 5) is 9.96. The number of nitriles is 2. The monoisotopic (exact) mass is 398 g/mol. The Morgan fingerprint density at radius 2 is 1.66 bits per heavy atom. The number of hydrogen-bond acceptors (Lipinski definition) is 6. The van der Waals surface area contributed by atoms with Crippen molar-refractivity contribution in [2.75, 3.05) is 46.3 Å². The van der Waals surface area contributed by atoms with Gasteiger partial charge in [0.25, 0.3) is 0 Å². The molecule has 0 radical (unpaired) electrons. The van der Waals surface area contributed by atoms with Crippen LogP contribution in [-0.4, -0.2) is 84.2 Å². The Balaban J connectivity index is 1.64. The Morgan fingerprint density at radius 1 is 1.00 bits per heavy atom. The fraction of sp³-hybridized carbons (Fsp3) is 0.826. The molecule has 0 aromatic heterocycles. The summed E-state index contributed by atoms with van der Waals surface area (Å²) in [6.07, 6.45) is 9.59. The number of hydrogen-bond donors (Lipinski definition) is 0. The summed E-state index contributed by atoms with van der Waals surface area (Å²) < 4.78 is 0. The highest BCUT2D eigenvalue weighted by Gasteiger charge is 2.33. The second-order valence-electron chi connectivity index (χ2n) is 9.37. The van der Waals surface area contributed by atoms with Gasteiger partial charge in [-0.05, 0) is 78.4 Å². The number of allylic oxidation sites excluding steroid dienone is 1. The third-order valence-electron chi connectivity index (χ3n) is 7.38. The zero-order valence-electron chi connectivity index (χ0n) is 18.6. The lowest BCUT2D eigenvalue weighted by molar-refractivity contribution is 0.0252. The van der Waals surface area contributed by atoms with Crippen LogP contribution < -0.4 is 0 Å². The van der Waals surface area contributed by atoms with Crippen molar-refractivity contribution in [1.29, 1.82) is 10.5 Å². The minimum absolute atomic E-state index is 0.211. The van der Waals surface area contributed by atoms with Crippen LogP contribution in [0.3, 0.4) is 0 Å². The summed E-state index contributed by atoms with van der Waals surface area (Å²) in [7, 11) is 2.21. The highest BCUT2D eigenvalue weighted by atomic mass is 15.4. The van der Waals surface area contributed by atoms with Gasteiger partial charge in [0, 0.05) is 44.5 Å². The van der Waals surface area contributed by atoms with Gasteiger partial charge in [-0.2, -0.15) is 10.5 Å². The van der Waals surface area contributed by atoms with E-state index in [4.69, 9.17) is 0 Å². The molecule has 4 atom stereocenters. The fourth-order valence-electron chi connectivity index (χ4n) is 5.39. The zero-order chi connectivity index (χ0) is 20.8. The van der Waals surface area contributed by atoms with Crippen LogP contribution in [0.15, 0.2) is 11.8 Å². The van der Waals surface area contributed by atoms with Crippen molar-refractivity contribution in [3.8, 4) is 12.1 Å². The van der Waals surface area contributed by atoms with Crippen LogP contribution in [0, 0.1) is 28.6 Å². The third-order valence-corrected chi connectivity index (χ3v) is 7.38. The van der Waals surface area contributed by atoms with Gasteiger partial charge in [-0.1, -0.05) is 0 Å². The molecule has 29 heavy (non-hydrogen) atoms. The van der Waals surface area contributed by atoms with E-state index in [1.165, 1.54) is 45.3 Å². The number of nitrogens with zero attached hydrogens (tertiary/aromatic N) is 6. The Hall–Kier alpha value is -1.60. The lowest BCUT2D eigenvalue weighted by Crippen LogP contribution is -2.52. The van der Waals surface area contributed by atoms with Gasteiger partial charge in [-0.3, -0.25) is 9.80 Å². The second kappa shape index (κ2) is 10.4. The first-order chi connectivity index (χ1) is 14.0. The van der Waals surface area contributed by atoms with Gasteiger partial charge in [0.2, 0.25) is 0 Å². The number of likely N-dealkylation sites (N-methyl/N-ethyl adjacent to an activating group) is 1. The molecule has 3 heterocycles. The Kier molecular flexibility index (Phi) is 7.95. The van der Waals surface area contributed by atoms with Gasteiger partial charge in [-0.25, -0.2) is 0 Å². The molecule has 0 bridgehead atoms. The van der Waals surface area contributed by atoms with E-state index in [0.717, 1.165) is 32.5 Å².